The number of carbonyl (C=O) groups excluding carboxylic acids is 1. The Morgan fingerprint density at radius 1 is 1.32 bits per heavy atom. The van der Waals surface area contributed by atoms with Gasteiger partial charge >= 0.3 is 0 Å². The van der Waals surface area contributed by atoms with Gasteiger partial charge in [0.05, 0.1) is 18.3 Å². The van der Waals surface area contributed by atoms with Gasteiger partial charge in [-0.3, -0.25) is 14.7 Å². The Balaban J connectivity index is 1.37. The molecule has 1 aliphatic heterocycles. The van der Waals surface area contributed by atoms with E-state index in [0.29, 0.717) is 29.9 Å². The van der Waals surface area contributed by atoms with Crippen molar-refractivity contribution >= 4 is 28.3 Å². The van der Waals surface area contributed by atoms with Gasteiger partial charge in [-0.15, -0.1) is 11.3 Å². The summed E-state index contributed by atoms with van der Waals surface area (Å²) in [6, 6.07) is 7.87. The van der Waals surface area contributed by atoms with E-state index >= 15 is 0 Å². The zero-order valence-electron chi connectivity index (χ0n) is 16.9. The number of nitriles is 1. The van der Waals surface area contributed by atoms with Crippen LogP contribution in [0.5, 0.6) is 0 Å². The highest BCUT2D eigenvalue weighted by molar-refractivity contribution is 7.14. The van der Waals surface area contributed by atoms with Crippen LogP contribution in [-0.4, -0.2) is 50.4 Å². The van der Waals surface area contributed by atoms with Crippen LogP contribution in [0.25, 0.3) is 0 Å². The maximum Gasteiger partial charge on any atom is 0.271 e. The van der Waals surface area contributed by atoms with Gasteiger partial charge in [-0.2, -0.15) is 5.26 Å². The number of hydrogen-bond donors (Lipinski definition) is 2. The van der Waals surface area contributed by atoms with Gasteiger partial charge in [-0.1, -0.05) is 6.07 Å². The summed E-state index contributed by atoms with van der Waals surface area (Å²) < 4.78 is 0. The lowest BCUT2D eigenvalue weighted by molar-refractivity contribution is 0.0946. The Hall–Kier alpha value is -3.42. The summed E-state index contributed by atoms with van der Waals surface area (Å²) in [7, 11) is 0. The summed E-state index contributed by atoms with van der Waals surface area (Å²) in [5, 5.41) is 17.1. The molecule has 0 radical (unpaired) electrons. The normalized spacial score (nSPS) is 16.4. The van der Waals surface area contributed by atoms with Gasteiger partial charge in [0.1, 0.15) is 5.69 Å². The molecule has 0 saturated carbocycles. The van der Waals surface area contributed by atoms with Crippen molar-refractivity contribution in [3.8, 4) is 6.07 Å². The number of hydrogen-bond acceptors (Lipinski definition) is 9. The largest absolute Gasteiger partial charge is 0.347 e. The molecule has 158 valence electrons. The molecule has 9 nitrogen and oxygen atoms in total. The number of aromatic nitrogens is 4. The van der Waals surface area contributed by atoms with Crippen LogP contribution in [0.3, 0.4) is 0 Å². The van der Waals surface area contributed by atoms with Crippen LogP contribution in [0.4, 0.5) is 11.1 Å². The first-order valence-electron chi connectivity index (χ1n) is 10.0. The van der Waals surface area contributed by atoms with Crippen molar-refractivity contribution in [2.75, 3.05) is 25.0 Å². The van der Waals surface area contributed by atoms with Gasteiger partial charge in [0.25, 0.3) is 5.91 Å². The number of pyridine rings is 1. The fourth-order valence-electron chi connectivity index (χ4n) is 3.51. The number of piperidine rings is 1. The smallest absolute Gasteiger partial charge is 0.271 e. The van der Waals surface area contributed by atoms with Crippen molar-refractivity contribution in [1.82, 2.24) is 30.2 Å². The van der Waals surface area contributed by atoms with E-state index in [1.165, 1.54) is 11.3 Å². The van der Waals surface area contributed by atoms with E-state index in [9.17, 15) is 4.79 Å². The maximum atomic E-state index is 12.4. The molecule has 2 N–H and O–H groups in total. The minimum atomic E-state index is -0.248. The van der Waals surface area contributed by atoms with E-state index in [-0.39, 0.29) is 11.8 Å². The molecule has 31 heavy (non-hydrogen) atoms. The minimum Gasteiger partial charge on any atom is -0.347 e. The van der Waals surface area contributed by atoms with Crippen molar-refractivity contribution < 1.29 is 4.79 Å². The van der Waals surface area contributed by atoms with E-state index in [1.807, 2.05) is 18.2 Å². The van der Waals surface area contributed by atoms with Gasteiger partial charge < -0.3 is 10.6 Å². The van der Waals surface area contributed by atoms with Gasteiger partial charge in [0.2, 0.25) is 5.95 Å². The molecule has 4 rings (SSSR count). The Bertz CT molecular complexity index is 1060. The number of likely N-dealkylation sites (tertiary alicyclic amines) is 1. The second-order valence-electron chi connectivity index (χ2n) is 7.24. The third-order valence-electron chi connectivity index (χ3n) is 5.03. The van der Waals surface area contributed by atoms with Gasteiger partial charge in [-0.05, 0) is 37.1 Å². The van der Waals surface area contributed by atoms with E-state index < -0.39 is 0 Å². The average Bonchev–Trinajstić information content (AvgIpc) is 3.27. The van der Waals surface area contributed by atoms with Crippen molar-refractivity contribution in [1.29, 1.82) is 5.26 Å². The Morgan fingerprint density at radius 3 is 3.10 bits per heavy atom. The molecule has 0 unspecified atom stereocenters. The number of nitrogens with zero attached hydrogens (tertiary/aromatic N) is 6. The molecule has 1 atom stereocenters. The summed E-state index contributed by atoms with van der Waals surface area (Å²) in [5.41, 5.74) is 2.21. The quantitative estimate of drug-likeness (QED) is 0.545. The molecule has 0 aliphatic carbocycles. The molecule has 0 spiro atoms. The van der Waals surface area contributed by atoms with Crippen LogP contribution in [0.15, 0.2) is 42.2 Å². The summed E-state index contributed by atoms with van der Waals surface area (Å²) >= 11 is 1.32. The Labute approximate surface area is 184 Å². The standard InChI is InChI=1S/C21H22N8OS/c22-6-10-29-9-2-4-16(13-29)17-5-8-24-20(26-17)28-21-27-18(14-31-21)19(30)25-12-15-3-1-7-23-11-15/h1,3,5,7-8,11,14,16H,2,4,9-10,12-13H2,(H,25,30)(H,24,26,27,28)/t16-/m1/s1. The SMILES string of the molecule is N#CCN1CCC[C@@H](c2ccnc(Nc3nc(C(=O)NCc4cccnc4)cs3)n2)C1. The lowest BCUT2D eigenvalue weighted by Gasteiger charge is -2.30. The fraction of sp³-hybridized carbons (Fsp3) is 0.333. The molecular formula is C21H22N8OS. The number of thiazole rings is 1. The summed E-state index contributed by atoms with van der Waals surface area (Å²) in [5.74, 6) is 0.477. The first-order chi connectivity index (χ1) is 15.2. The fourth-order valence-corrected chi connectivity index (χ4v) is 4.19. The van der Waals surface area contributed by atoms with E-state index in [2.05, 4.69) is 41.5 Å². The lowest BCUT2D eigenvalue weighted by atomic mass is 9.94. The molecule has 1 aliphatic rings. The number of amides is 1. The zero-order valence-corrected chi connectivity index (χ0v) is 17.7. The van der Waals surface area contributed by atoms with Crippen LogP contribution < -0.4 is 10.6 Å². The van der Waals surface area contributed by atoms with Crippen LogP contribution in [-0.2, 0) is 6.54 Å². The molecule has 0 aromatic carbocycles. The second-order valence-corrected chi connectivity index (χ2v) is 8.10. The summed E-state index contributed by atoms with van der Waals surface area (Å²) in [6.45, 7) is 2.60. The molecular weight excluding hydrogens is 412 g/mol. The molecule has 1 amide bonds. The molecule has 3 aromatic heterocycles. The van der Waals surface area contributed by atoms with E-state index in [4.69, 9.17) is 5.26 Å². The van der Waals surface area contributed by atoms with E-state index in [0.717, 1.165) is 37.2 Å². The third kappa shape index (κ3) is 5.59. The number of rotatable bonds is 7. The summed E-state index contributed by atoms with van der Waals surface area (Å²) in [4.78, 5) is 31.8. The number of nitrogens with one attached hydrogen (secondary N) is 2. The van der Waals surface area contributed by atoms with Crippen molar-refractivity contribution in [3.63, 3.8) is 0 Å². The summed E-state index contributed by atoms with van der Waals surface area (Å²) in [6.07, 6.45) is 7.21. The first-order valence-corrected chi connectivity index (χ1v) is 10.9. The van der Waals surface area contributed by atoms with Gasteiger partial charge in [-0.25, -0.2) is 15.0 Å². The number of anilines is 2. The average molecular weight is 435 g/mol. The predicted octanol–water partition coefficient (Wildman–Crippen LogP) is 2.70. The van der Waals surface area contributed by atoms with Gasteiger partial charge in [0.15, 0.2) is 5.13 Å². The predicted molar refractivity (Wildman–Crippen MR) is 117 cm³/mol. The van der Waals surface area contributed by atoms with Crippen LogP contribution >= 0.6 is 11.3 Å². The minimum absolute atomic E-state index is 0.248. The molecule has 1 saturated heterocycles. The van der Waals surface area contributed by atoms with Gasteiger partial charge in [0, 0.05) is 43.0 Å². The first kappa shape index (κ1) is 20.8. The van der Waals surface area contributed by atoms with Crippen LogP contribution in [0.2, 0.25) is 0 Å². The number of carbonyl (C=O) groups is 1. The maximum absolute atomic E-state index is 12.4. The molecule has 4 heterocycles. The van der Waals surface area contributed by atoms with Crippen LogP contribution in [0.1, 0.15) is 40.5 Å². The van der Waals surface area contributed by atoms with Crippen molar-refractivity contribution in [3.05, 3.63) is 59.1 Å². The zero-order chi connectivity index (χ0) is 21.5. The topological polar surface area (TPSA) is 120 Å². The second kappa shape index (κ2) is 10.1. The highest BCUT2D eigenvalue weighted by atomic mass is 32.1. The molecule has 1 fully saturated rings. The Kier molecular flexibility index (Phi) is 6.76. The molecule has 0 bridgehead atoms. The van der Waals surface area contributed by atoms with Crippen molar-refractivity contribution in [2.24, 2.45) is 0 Å². The van der Waals surface area contributed by atoms with Crippen molar-refractivity contribution in [2.45, 2.75) is 25.3 Å². The Morgan fingerprint density at radius 2 is 2.26 bits per heavy atom. The monoisotopic (exact) mass is 434 g/mol. The van der Waals surface area contributed by atoms with Crippen LogP contribution in [0, 0.1) is 11.3 Å². The highest BCUT2D eigenvalue weighted by Crippen LogP contribution is 2.26. The molecule has 10 heteroatoms. The molecule has 3 aromatic rings. The lowest BCUT2D eigenvalue weighted by Crippen LogP contribution is -2.34. The highest BCUT2D eigenvalue weighted by Gasteiger charge is 2.22. The van der Waals surface area contributed by atoms with E-state index in [1.54, 1.807) is 24.0 Å². The third-order valence-corrected chi connectivity index (χ3v) is 5.78.